The molecule has 4 aromatic rings. The number of likely N-dealkylation sites (tertiary alicyclic amines) is 1. The molecular formula is C28H27Cl2N7O2. The van der Waals surface area contributed by atoms with Crippen molar-refractivity contribution in [2.45, 2.75) is 38.0 Å². The second-order valence-corrected chi connectivity index (χ2v) is 11.8. The Kier molecular flexibility index (Phi) is 6.19. The van der Waals surface area contributed by atoms with Crippen molar-refractivity contribution in [2.75, 3.05) is 31.1 Å². The molecule has 0 radical (unpaired) electrons. The second-order valence-electron chi connectivity index (χ2n) is 11.0. The van der Waals surface area contributed by atoms with Crippen molar-refractivity contribution >= 4 is 39.9 Å². The van der Waals surface area contributed by atoms with Crippen LogP contribution in [0.4, 0.5) is 5.82 Å². The van der Waals surface area contributed by atoms with E-state index < -0.39 is 11.7 Å². The number of benzene rings is 1. The Bertz CT molecular complexity index is 1600. The van der Waals surface area contributed by atoms with Crippen LogP contribution in [0.1, 0.15) is 38.0 Å². The number of aromatic amines is 1. The molecule has 0 bridgehead atoms. The number of fused-ring (bicyclic) bond motifs is 1. The maximum atomic E-state index is 10.1. The van der Waals surface area contributed by atoms with Crippen LogP contribution in [0.2, 0.25) is 10.0 Å². The van der Waals surface area contributed by atoms with Crippen molar-refractivity contribution in [1.29, 1.82) is 5.26 Å². The molecule has 0 unspecified atom stereocenters. The first-order chi connectivity index (χ1) is 18.6. The molecule has 2 aliphatic heterocycles. The normalized spacial score (nSPS) is 18.7. The third-order valence-corrected chi connectivity index (χ3v) is 8.20. The molecule has 1 aromatic carbocycles. The number of pyridine rings is 2. The van der Waals surface area contributed by atoms with Gasteiger partial charge in [-0.15, -0.1) is 0 Å². The molecule has 11 heteroatoms. The molecule has 0 spiro atoms. The van der Waals surface area contributed by atoms with Gasteiger partial charge in [0.05, 0.1) is 32.3 Å². The zero-order valence-corrected chi connectivity index (χ0v) is 23.3. The number of anilines is 1. The maximum absolute atomic E-state index is 10.1. The number of halogens is 2. The first-order valence-electron chi connectivity index (χ1n) is 12.6. The lowest BCUT2D eigenvalue weighted by Gasteiger charge is -2.61. The van der Waals surface area contributed by atoms with Gasteiger partial charge in [0.25, 0.3) is 0 Å². The molecule has 3 aromatic heterocycles. The largest absolute Gasteiger partial charge is 0.486 e. The SMILES string of the molecule is C[C@@H](Oc1ccc2[nH]nc(-c3cnc(N4CC(C)(N5CC(C)(O)C5)C4)c(C#N)c3)c2c1)c1c(Cl)cncc1Cl. The molecule has 0 saturated carbocycles. The van der Waals surface area contributed by atoms with Gasteiger partial charge in [-0.25, -0.2) is 4.98 Å². The lowest BCUT2D eigenvalue weighted by Crippen LogP contribution is -2.77. The van der Waals surface area contributed by atoms with Gasteiger partial charge in [0.2, 0.25) is 0 Å². The number of nitriles is 1. The highest BCUT2D eigenvalue weighted by Gasteiger charge is 2.52. The topological polar surface area (TPSA) is 114 Å². The number of aliphatic hydroxyl groups is 1. The van der Waals surface area contributed by atoms with E-state index in [4.69, 9.17) is 27.9 Å². The molecule has 200 valence electrons. The standard InChI is InChI=1S/C28H27Cl2N7O2/c1-16(24-21(29)10-32-11-22(24)30)39-19-4-5-23-20(7-19)25(35-34-23)18-6-17(8-31)26(33-9-18)36-12-27(2,13-36)37-14-28(3,38)15-37/h4-7,9-11,16,38H,12-15H2,1-3H3,(H,34,35)/t16-/m1/s1. The third-order valence-electron chi connectivity index (χ3n) is 7.59. The van der Waals surface area contributed by atoms with E-state index in [1.807, 2.05) is 38.1 Å². The zero-order valence-electron chi connectivity index (χ0n) is 21.7. The molecule has 5 heterocycles. The minimum Gasteiger partial charge on any atom is -0.486 e. The van der Waals surface area contributed by atoms with Crippen molar-refractivity contribution in [1.82, 2.24) is 25.1 Å². The highest BCUT2D eigenvalue weighted by atomic mass is 35.5. The highest BCUT2D eigenvalue weighted by Crippen LogP contribution is 2.39. The fourth-order valence-corrected chi connectivity index (χ4v) is 6.24. The summed E-state index contributed by atoms with van der Waals surface area (Å²) < 4.78 is 6.18. The monoisotopic (exact) mass is 563 g/mol. The van der Waals surface area contributed by atoms with Crippen LogP contribution in [-0.2, 0) is 0 Å². The predicted octanol–water partition coefficient (Wildman–Crippen LogP) is 4.98. The third kappa shape index (κ3) is 4.57. The summed E-state index contributed by atoms with van der Waals surface area (Å²) in [5.74, 6) is 1.28. The van der Waals surface area contributed by atoms with Crippen LogP contribution in [-0.4, -0.2) is 67.5 Å². The molecule has 0 amide bonds. The minimum atomic E-state index is -0.616. The van der Waals surface area contributed by atoms with Crippen LogP contribution in [0, 0.1) is 11.3 Å². The van der Waals surface area contributed by atoms with Crippen LogP contribution in [0.25, 0.3) is 22.2 Å². The van der Waals surface area contributed by atoms with E-state index in [9.17, 15) is 10.4 Å². The highest BCUT2D eigenvalue weighted by molar-refractivity contribution is 6.35. The molecule has 2 N–H and O–H groups in total. The van der Waals surface area contributed by atoms with Crippen LogP contribution in [0.5, 0.6) is 5.75 Å². The van der Waals surface area contributed by atoms with E-state index in [1.54, 1.807) is 18.6 Å². The van der Waals surface area contributed by atoms with Crippen molar-refractivity contribution in [3.63, 3.8) is 0 Å². The smallest absolute Gasteiger partial charge is 0.146 e. The van der Waals surface area contributed by atoms with Gasteiger partial charge in [-0.05, 0) is 45.0 Å². The molecule has 9 nitrogen and oxygen atoms in total. The summed E-state index contributed by atoms with van der Waals surface area (Å²) >= 11 is 12.6. The van der Waals surface area contributed by atoms with Gasteiger partial charge >= 0.3 is 0 Å². The Hall–Kier alpha value is -3.42. The number of nitrogens with zero attached hydrogens (tertiary/aromatic N) is 6. The van der Waals surface area contributed by atoms with Gasteiger partial charge in [0.15, 0.2) is 0 Å². The molecule has 39 heavy (non-hydrogen) atoms. The van der Waals surface area contributed by atoms with Crippen molar-refractivity contribution in [3.8, 4) is 23.1 Å². The van der Waals surface area contributed by atoms with Crippen molar-refractivity contribution < 1.29 is 9.84 Å². The number of H-pyrrole nitrogens is 1. The number of nitrogens with one attached hydrogen (secondary N) is 1. The Labute approximate surface area is 235 Å². The van der Waals surface area contributed by atoms with Crippen LogP contribution in [0.3, 0.4) is 0 Å². The Morgan fingerprint density at radius 2 is 1.82 bits per heavy atom. The van der Waals surface area contributed by atoms with E-state index in [-0.39, 0.29) is 5.54 Å². The molecule has 2 saturated heterocycles. The maximum Gasteiger partial charge on any atom is 0.146 e. The quantitative estimate of drug-likeness (QED) is 0.337. The number of hydrogen-bond donors (Lipinski definition) is 2. The summed E-state index contributed by atoms with van der Waals surface area (Å²) in [7, 11) is 0. The summed E-state index contributed by atoms with van der Waals surface area (Å²) in [4.78, 5) is 13.1. The second kappa shape index (κ2) is 9.35. The molecule has 6 rings (SSSR count). The summed E-state index contributed by atoms with van der Waals surface area (Å²) in [6.07, 6.45) is 4.43. The molecule has 0 aliphatic carbocycles. The molecule has 2 aliphatic rings. The molecule has 2 fully saturated rings. The van der Waals surface area contributed by atoms with Crippen molar-refractivity contribution in [2.24, 2.45) is 0 Å². The predicted molar refractivity (Wildman–Crippen MR) is 150 cm³/mol. The summed E-state index contributed by atoms with van der Waals surface area (Å²) in [6, 6.07) is 9.78. The minimum absolute atomic E-state index is 0.0357. The lowest BCUT2D eigenvalue weighted by atomic mass is 9.82. The van der Waals surface area contributed by atoms with E-state index in [1.165, 1.54) is 0 Å². The van der Waals surface area contributed by atoms with Crippen LogP contribution >= 0.6 is 23.2 Å². The summed E-state index contributed by atoms with van der Waals surface area (Å²) in [5, 5.41) is 29.4. The Morgan fingerprint density at radius 3 is 2.49 bits per heavy atom. The number of aromatic nitrogens is 4. The van der Waals surface area contributed by atoms with Gasteiger partial charge in [0.1, 0.15) is 29.4 Å². The fourth-order valence-electron chi connectivity index (χ4n) is 5.56. The van der Waals surface area contributed by atoms with E-state index in [0.717, 1.165) is 29.6 Å². The summed E-state index contributed by atoms with van der Waals surface area (Å²) in [6.45, 7) is 8.74. The van der Waals surface area contributed by atoms with Gasteiger partial charge in [-0.3, -0.25) is 15.0 Å². The van der Waals surface area contributed by atoms with E-state index in [2.05, 4.69) is 43.0 Å². The van der Waals surface area contributed by atoms with Gasteiger partial charge in [-0.1, -0.05) is 23.2 Å². The van der Waals surface area contributed by atoms with Gasteiger partial charge < -0.3 is 14.7 Å². The molecule has 1 atom stereocenters. The Balaban J connectivity index is 1.24. The number of ether oxygens (including phenoxy) is 1. The van der Waals surface area contributed by atoms with E-state index >= 15 is 0 Å². The lowest BCUT2D eigenvalue weighted by molar-refractivity contribution is -0.134. The fraction of sp³-hybridized carbons (Fsp3) is 0.357. The first-order valence-corrected chi connectivity index (χ1v) is 13.4. The average Bonchev–Trinajstić information content (AvgIpc) is 3.28. The number of rotatable bonds is 6. The number of hydrogen-bond acceptors (Lipinski definition) is 8. The van der Waals surface area contributed by atoms with E-state index in [0.29, 0.717) is 51.5 Å². The van der Waals surface area contributed by atoms with Gasteiger partial charge in [0, 0.05) is 61.3 Å². The van der Waals surface area contributed by atoms with Crippen LogP contribution < -0.4 is 9.64 Å². The average molecular weight is 564 g/mol. The summed E-state index contributed by atoms with van der Waals surface area (Å²) in [5.41, 5.74) is 2.74. The zero-order chi connectivity index (χ0) is 27.5. The van der Waals surface area contributed by atoms with Crippen molar-refractivity contribution in [3.05, 3.63) is 64.0 Å². The first kappa shape index (κ1) is 25.8. The number of β-amino-alcohol motifs (C(OH)–C–C–N with tert-alkyl or cyclic N) is 1. The van der Waals surface area contributed by atoms with Crippen LogP contribution in [0.15, 0.2) is 42.9 Å². The molecular weight excluding hydrogens is 537 g/mol. The van der Waals surface area contributed by atoms with Gasteiger partial charge in [-0.2, -0.15) is 10.4 Å². The Morgan fingerprint density at radius 1 is 1.10 bits per heavy atom.